The van der Waals surface area contributed by atoms with Crippen molar-refractivity contribution in [3.05, 3.63) is 22.8 Å². The minimum Gasteiger partial charge on any atom is -0.493 e. The van der Waals surface area contributed by atoms with E-state index in [1.165, 1.54) is 35.3 Å². The second-order valence-corrected chi connectivity index (χ2v) is 5.72. The van der Waals surface area contributed by atoms with Crippen LogP contribution in [0.4, 0.5) is 0 Å². The van der Waals surface area contributed by atoms with Crippen LogP contribution in [0.2, 0.25) is 0 Å². The number of fused-ring (bicyclic) bond motifs is 2. The summed E-state index contributed by atoms with van der Waals surface area (Å²) in [6.45, 7) is 2.72. The van der Waals surface area contributed by atoms with E-state index < -0.39 is 0 Å². The molecule has 0 unspecified atom stereocenters. The highest BCUT2D eigenvalue weighted by Gasteiger charge is 2.49. The first-order valence-corrected chi connectivity index (χ1v) is 6.93. The van der Waals surface area contributed by atoms with E-state index >= 15 is 0 Å². The number of ether oxygens (including phenoxy) is 2. The van der Waals surface area contributed by atoms with Crippen molar-refractivity contribution in [3.63, 3.8) is 0 Å². The SMILES string of the molecule is CNCC1(c2c3c(cc4c2OCC4)OCC3)CC1. The molecule has 1 N–H and O–H groups in total. The molecule has 0 aromatic heterocycles. The Morgan fingerprint density at radius 1 is 1.22 bits per heavy atom. The van der Waals surface area contributed by atoms with Crippen LogP contribution in [0.5, 0.6) is 11.5 Å². The third kappa shape index (κ3) is 1.34. The maximum Gasteiger partial charge on any atom is 0.126 e. The van der Waals surface area contributed by atoms with Crippen molar-refractivity contribution in [1.29, 1.82) is 0 Å². The van der Waals surface area contributed by atoms with Gasteiger partial charge >= 0.3 is 0 Å². The molecule has 0 radical (unpaired) electrons. The molecule has 0 atom stereocenters. The first kappa shape index (κ1) is 10.7. The van der Waals surface area contributed by atoms with Crippen LogP contribution in [0.3, 0.4) is 0 Å². The summed E-state index contributed by atoms with van der Waals surface area (Å²) < 4.78 is 11.7. The van der Waals surface area contributed by atoms with Gasteiger partial charge in [0.15, 0.2) is 0 Å². The minimum atomic E-state index is 0.322. The summed E-state index contributed by atoms with van der Waals surface area (Å²) >= 11 is 0. The van der Waals surface area contributed by atoms with Crippen molar-refractivity contribution in [2.75, 3.05) is 26.8 Å². The molecule has 1 aromatic carbocycles. The van der Waals surface area contributed by atoms with Crippen LogP contribution >= 0.6 is 0 Å². The third-order valence-corrected chi connectivity index (χ3v) is 4.55. The highest BCUT2D eigenvalue weighted by molar-refractivity contribution is 5.61. The number of benzene rings is 1. The van der Waals surface area contributed by atoms with Crippen molar-refractivity contribution in [1.82, 2.24) is 5.32 Å². The topological polar surface area (TPSA) is 30.5 Å². The van der Waals surface area contributed by atoms with Crippen molar-refractivity contribution in [3.8, 4) is 11.5 Å². The Balaban J connectivity index is 1.91. The molecule has 0 spiro atoms. The second kappa shape index (κ2) is 3.64. The summed E-state index contributed by atoms with van der Waals surface area (Å²) in [6, 6.07) is 2.21. The average molecular weight is 245 g/mol. The molecule has 1 fully saturated rings. The van der Waals surface area contributed by atoms with Gasteiger partial charge in [0, 0.05) is 41.5 Å². The molecule has 3 heteroatoms. The molecule has 3 aliphatic rings. The molecule has 0 saturated heterocycles. The first-order chi connectivity index (χ1) is 8.84. The Bertz CT molecular complexity index is 473. The first-order valence-electron chi connectivity index (χ1n) is 6.93. The molecule has 0 amide bonds. The highest BCUT2D eigenvalue weighted by atomic mass is 16.5. The van der Waals surface area contributed by atoms with E-state index in [0.717, 1.165) is 38.3 Å². The fraction of sp³-hybridized carbons (Fsp3) is 0.600. The Hall–Kier alpha value is -1.22. The lowest BCUT2D eigenvalue weighted by Crippen LogP contribution is -2.25. The fourth-order valence-electron chi connectivity index (χ4n) is 3.55. The van der Waals surface area contributed by atoms with Crippen LogP contribution in [0.25, 0.3) is 0 Å². The number of hydrogen-bond donors (Lipinski definition) is 1. The maximum absolute atomic E-state index is 5.94. The van der Waals surface area contributed by atoms with E-state index in [1.807, 2.05) is 7.05 Å². The van der Waals surface area contributed by atoms with Crippen LogP contribution in [-0.4, -0.2) is 26.8 Å². The molecule has 1 aromatic rings. The normalized spacial score (nSPS) is 22.1. The van der Waals surface area contributed by atoms with Crippen LogP contribution in [0.1, 0.15) is 29.5 Å². The molecule has 2 aliphatic heterocycles. The number of likely N-dealkylation sites (N-methyl/N-ethyl adjacent to an activating group) is 1. The Morgan fingerprint density at radius 2 is 2.06 bits per heavy atom. The minimum absolute atomic E-state index is 0.322. The van der Waals surface area contributed by atoms with Gasteiger partial charge in [-0.3, -0.25) is 0 Å². The zero-order chi connectivity index (χ0) is 12.2. The summed E-state index contributed by atoms with van der Waals surface area (Å²) in [6.07, 6.45) is 4.64. The fourth-order valence-corrected chi connectivity index (χ4v) is 3.55. The zero-order valence-electron chi connectivity index (χ0n) is 10.8. The van der Waals surface area contributed by atoms with Crippen molar-refractivity contribution in [2.45, 2.75) is 31.1 Å². The summed E-state index contributed by atoms with van der Waals surface area (Å²) in [5.74, 6) is 2.31. The van der Waals surface area contributed by atoms with Crippen molar-refractivity contribution in [2.24, 2.45) is 0 Å². The van der Waals surface area contributed by atoms with Crippen LogP contribution in [-0.2, 0) is 18.3 Å². The van der Waals surface area contributed by atoms with Crippen LogP contribution < -0.4 is 14.8 Å². The Morgan fingerprint density at radius 3 is 2.83 bits per heavy atom. The smallest absolute Gasteiger partial charge is 0.126 e. The van der Waals surface area contributed by atoms with Crippen molar-refractivity contribution < 1.29 is 9.47 Å². The van der Waals surface area contributed by atoms with E-state index in [1.54, 1.807) is 0 Å². The van der Waals surface area contributed by atoms with Gasteiger partial charge in [0.2, 0.25) is 0 Å². The van der Waals surface area contributed by atoms with Gasteiger partial charge in [-0.1, -0.05) is 0 Å². The molecule has 1 aliphatic carbocycles. The quantitative estimate of drug-likeness (QED) is 0.881. The Labute approximate surface area is 107 Å². The molecule has 1 saturated carbocycles. The highest BCUT2D eigenvalue weighted by Crippen LogP contribution is 2.56. The van der Waals surface area contributed by atoms with Crippen molar-refractivity contribution >= 4 is 0 Å². The Kier molecular flexibility index (Phi) is 2.16. The van der Waals surface area contributed by atoms with Gasteiger partial charge < -0.3 is 14.8 Å². The zero-order valence-corrected chi connectivity index (χ0v) is 10.8. The van der Waals surface area contributed by atoms with Gasteiger partial charge in [-0.25, -0.2) is 0 Å². The number of hydrogen-bond acceptors (Lipinski definition) is 3. The standard InChI is InChI=1S/C15H19NO2/c1-16-9-15(4-5-15)13-11-3-7-17-12(11)8-10-2-6-18-14(10)13/h8,16H,2-7,9H2,1H3. The van der Waals surface area contributed by atoms with Gasteiger partial charge in [-0.2, -0.15) is 0 Å². The predicted octanol–water partition coefficient (Wildman–Crippen LogP) is 1.81. The number of rotatable bonds is 3. The van der Waals surface area contributed by atoms with Gasteiger partial charge in [0.05, 0.1) is 13.2 Å². The monoisotopic (exact) mass is 245 g/mol. The molecular formula is C15H19NO2. The lowest BCUT2D eigenvalue weighted by Gasteiger charge is -2.21. The maximum atomic E-state index is 5.94. The van der Waals surface area contributed by atoms with E-state index in [-0.39, 0.29) is 0 Å². The van der Waals surface area contributed by atoms with Gasteiger partial charge in [0.1, 0.15) is 11.5 Å². The summed E-state index contributed by atoms with van der Waals surface area (Å²) in [5, 5.41) is 3.35. The van der Waals surface area contributed by atoms with E-state index in [2.05, 4.69) is 11.4 Å². The molecule has 96 valence electrons. The van der Waals surface area contributed by atoms with Gasteiger partial charge in [-0.05, 0) is 26.0 Å². The summed E-state index contributed by atoms with van der Waals surface area (Å²) in [4.78, 5) is 0. The number of nitrogens with one attached hydrogen (secondary N) is 1. The molecule has 4 rings (SSSR count). The molecule has 18 heavy (non-hydrogen) atoms. The summed E-state index contributed by atoms with van der Waals surface area (Å²) in [7, 11) is 2.04. The molecule has 3 nitrogen and oxygen atoms in total. The average Bonchev–Trinajstić information content (AvgIpc) is 2.81. The predicted molar refractivity (Wildman–Crippen MR) is 69.7 cm³/mol. The lowest BCUT2D eigenvalue weighted by atomic mass is 9.87. The van der Waals surface area contributed by atoms with Crippen LogP contribution in [0.15, 0.2) is 6.07 Å². The van der Waals surface area contributed by atoms with E-state index in [4.69, 9.17) is 9.47 Å². The lowest BCUT2D eigenvalue weighted by molar-refractivity contribution is 0.349. The van der Waals surface area contributed by atoms with Gasteiger partial charge in [-0.15, -0.1) is 0 Å². The second-order valence-electron chi connectivity index (χ2n) is 5.72. The van der Waals surface area contributed by atoms with E-state index in [0.29, 0.717) is 5.41 Å². The van der Waals surface area contributed by atoms with Gasteiger partial charge in [0.25, 0.3) is 0 Å². The summed E-state index contributed by atoms with van der Waals surface area (Å²) in [5.41, 5.74) is 4.57. The molecule has 2 heterocycles. The van der Waals surface area contributed by atoms with E-state index in [9.17, 15) is 0 Å². The van der Waals surface area contributed by atoms with Crippen LogP contribution in [0, 0.1) is 0 Å². The third-order valence-electron chi connectivity index (χ3n) is 4.55. The molecular weight excluding hydrogens is 226 g/mol. The molecule has 0 bridgehead atoms. The largest absolute Gasteiger partial charge is 0.493 e.